The van der Waals surface area contributed by atoms with Crippen LogP contribution in [0.15, 0.2) is 30.3 Å². The van der Waals surface area contributed by atoms with Crippen molar-refractivity contribution in [3.8, 4) is 17.3 Å². The minimum atomic E-state index is -3.88. The second-order valence-corrected chi connectivity index (χ2v) is 12.9. The van der Waals surface area contributed by atoms with Crippen LogP contribution in [-0.2, 0) is 29.1 Å². The summed E-state index contributed by atoms with van der Waals surface area (Å²) >= 11 is 0. The van der Waals surface area contributed by atoms with E-state index in [4.69, 9.17) is 18.4 Å². The molecule has 0 saturated carbocycles. The van der Waals surface area contributed by atoms with Crippen LogP contribution in [0, 0.1) is 5.82 Å². The Morgan fingerprint density at radius 3 is 2.38 bits per heavy atom. The number of benzene rings is 1. The third kappa shape index (κ3) is 9.36. The molecule has 9 nitrogen and oxygen atoms in total. The number of rotatable bonds is 8. The minimum Gasteiger partial charge on any atom is -0.460 e. The summed E-state index contributed by atoms with van der Waals surface area (Å²) in [6.45, 7) is 12.8. The van der Waals surface area contributed by atoms with Gasteiger partial charge in [0.25, 0.3) is 0 Å². The molecule has 0 aliphatic carbocycles. The SMILES string of the molecule is CC(C)c1nc(OS(C)(=O)=O)nc(-c2ccc(F)cc2)c1/C=C/C1CC(CC(=O)OC(C)(C)C)OC(C)(C)O1. The molecule has 0 N–H and O–H groups in total. The molecule has 1 fully saturated rings. The van der Waals surface area contributed by atoms with Crippen molar-refractivity contribution < 1.29 is 36.0 Å². The third-order valence-electron chi connectivity index (χ3n) is 5.52. The molecule has 2 unspecified atom stereocenters. The molecule has 1 aliphatic rings. The zero-order chi connectivity index (χ0) is 29.2. The van der Waals surface area contributed by atoms with Crippen molar-refractivity contribution in [2.75, 3.05) is 6.26 Å². The first-order valence-electron chi connectivity index (χ1n) is 12.7. The highest BCUT2D eigenvalue weighted by Crippen LogP contribution is 2.34. The quantitative estimate of drug-likeness (QED) is 0.307. The molecule has 2 atom stereocenters. The highest BCUT2D eigenvalue weighted by molar-refractivity contribution is 7.86. The van der Waals surface area contributed by atoms with Crippen molar-refractivity contribution in [1.29, 1.82) is 0 Å². The van der Waals surface area contributed by atoms with Gasteiger partial charge in [0, 0.05) is 17.5 Å². The number of carbonyl (C=O) groups is 1. The smallest absolute Gasteiger partial charge is 0.333 e. The lowest BCUT2D eigenvalue weighted by Crippen LogP contribution is -2.45. The van der Waals surface area contributed by atoms with E-state index in [2.05, 4.69) is 9.97 Å². The molecule has 2 aromatic rings. The van der Waals surface area contributed by atoms with Crippen LogP contribution in [0.4, 0.5) is 4.39 Å². The molecule has 11 heteroatoms. The van der Waals surface area contributed by atoms with Gasteiger partial charge in [-0.25, -0.2) is 4.39 Å². The lowest BCUT2D eigenvalue weighted by Gasteiger charge is -2.39. The largest absolute Gasteiger partial charge is 0.460 e. The van der Waals surface area contributed by atoms with Crippen molar-refractivity contribution in [3.05, 3.63) is 47.4 Å². The molecular formula is C28H37FN2O7S. The van der Waals surface area contributed by atoms with Gasteiger partial charge in [0.05, 0.1) is 36.3 Å². The van der Waals surface area contributed by atoms with Gasteiger partial charge in [-0.3, -0.25) is 4.79 Å². The molecule has 1 aromatic heterocycles. The second kappa shape index (κ2) is 11.7. The molecular weight excluding hydrogens is 527 g/mol. The number of nitrogens with zero attached hydrogens (tertiary/aromatic N) is 2. The second-order valence-electron chi connectivity index (χ2n) is 11.3. The van der Waals surface area contributed by atoms with E-state index in [0.29, 0.717) is 28.9 Å². The Balaban J connectivity index is 2.00. The van der Waals surface area contributed by atoms with Gasteiger partial charge in [0.2, 0.25) is 0 Å². The summed E-state index contributed by atoms with van der Waals surface area (Å²) in [5.41, 5.74) is 1.47. The average Bonchev–Trinajstić information content (AvgIpc) is 2.74. The summed E-state index contributed by atoms with van der Waals surface area (Å²) < 4.78 is 59.8. The highest BCUT2D eigenvalue weighted by atomic mass is 32.2. The van der Waals surface area contributed by atoms with Gasteiger partial charge >= 0.3 is 22.1 Å². The molecule has 0 radical (unpaired) electrons. The predicted octanol–water partition coefficient (Wildman–Crippen LogP) is 5.40. The van der Waals surface area contributed by atoms with E-state index >= 15 is 0 Å². The first-order chi connectivity index (χ1) is 17.9. The monoisotopic (exact) mass is 564 g/mol. The van der Waals surface area contributed by atoms with Crippen LogP contribution in [0.1, 0.15) is 78.5 Å². The number of ether oxygens (including phenoxy) is 3. The first-order valence-corrected chi connectivity index (χ1v) is 14.6. The Morgan fingerprint density at radius 1 is 1.18 bits per heavy atom. The van der Waals surface area contributed by atoms with Gasteiger partial charge in [-0.15, -0.1) is 0 Å². The molecule has 3 rings (SSSR count). The van der Waals surface area contributed by atoms with Gasteiger partial charge in [0.1, 0.15) is 11.4 Å². The molecule has 39 heavy (non-hydrogen) atoms. The molecule has 214 valence electrons. The normalized spacial score (nSPS) is 19.8. The molecule has 0 bridgehead atoms. The van der Waals surface area contributed by atoms with Crippen LogP contribution in [0.3, 0.4) is 0 Å². The summed E-state index contributed by atoms with van der Waals surface area (Å²) in [6, 6.07) is 5.37. The van der Waals surface area contributed by atoms with Crippen LogP contribution >= 0.6 is 0 Å². The van der Waals surface area contributed by atoms with E-state index in [1.165, 1.54) is 12.1 Å². The van der Waals surface area contributed by atoms with Crippen molar-refractivity contribution in [2.45, 2.75) is 90.8 Å². The Kier molecular flexibility index (Phi) is 9.19. The van der Waals surface area contributed by atoms with Crippen molar-refractivity contribution >= 4 is 22.2 Å². The first kappa shape index (κ1) is 30.6. The molecule has 0 amide bonds. The fraction of sp³-hybridized carbons (Fsp3) is 0.536. The van der Waals surface area contributed by atoms with Gasteiger partial charge < -0.3 is 18.4 Å². The number of hydrogen-bond acceptors (Lipinski definition) is 9. The summed E-state index contributed by atoms with van der Waals surface area (Å²) in [4.78, 5) is 21.2. The van der Waals surface area contributed by atoms with Crippen molar-refractivity contribution in [3.63, 3.8) is 0 Å². The van der Waals surface area contributed by atoms with Crippen molar-refractivity contribution in [1.82, 2.24) is 9.97 Å². The summed E-state index contributed by atoms with van der Waals surface area (Å²) in [5, 5.41) is 0. The molecule has 0 spiro atoms. The maximum Gasteiger partial charge on any atom is 0.333 e. The van der Waals surface area contributed by atoms with Crippen LogP contribution in [0.25, 0.3) is 17.3 Å². The summed E-state index contributed by atoms with van der Waals surface area (Å²) in [6.07, 6.45) is 4.17. The van der Waals surface area contributed by atoms with E-state index in [1.54, 1.807) is 32.1 Å². The van der Waals surface area contributed by atoms with Crippen LogP contribution in [-0.4, -0.2) is 54.2 Å². The Hall–Kier alpha value is -2.89. The van der Waals surface area contributed by atoms with Crippen molar-refractivity contribution in [2.24, 2.45) is 0 Å². The average molecular weight is 565 g/mol. The Morgan fingerprint density at radius 2 is 1.82 bits per heavy atom. The summed E-state index contributed by atoms with van der Waals surface area (Å²) in [5.74, 6) is -1.87. The van der Waals surface area contributed by atoms with Gasteiger partial charge in [-0.05, 0) is 64.8 Å². The molecule has 1 saturated heterocycles. The fourth-order valence-electron chi connectivity index (χ4n) is 4.23. The number of aromatic nitrogens is 2. The van der Waals surface area contributed by atoms with E-state index in [0.717, 1.165) is 6.26 Å². The lowest BCUT2D eigenvalue weighted by atomic mass is 9.97. The molecule has 1 aliphatic heterocycles. The zero-order valence-electron chi connectivity index (χ0n) is 23.6. The van der Waals surface area contributed by atoms with Gasteiger partial charge in [-0.2, -0.15) is 18.4 Å². The van der Waals surface area contributed by atoms with E-state index in [1.807, 2.05) is 40.7 Å². The maximum absolute atomic E-state index is 13.7. The number of carbonyl (C=O) groups excluding carboxylic acids is 1. The maximum atomic E-state index is 13.7. The van der Waals surface area contributed by atoms with Crippen LogP contribution < -0.4 is 4.18 Å². The predicted molar refractivity (Wildman–Crippen MR) is 145 cm³/mol. The van der Waals surface area contributed by atoms with Crippen LogP contribution in [0.2, 0.25) is 0 Å². The standard InChI is InChI=1S/C28H37FN2O7S/c1-17(2)24-22(25(18-9-11-19(29)12-10-18)31-26(30-24)38-39(8,33)34)14-13-20-15-21(36-28(6,7)35-20)16-23(32)37-27(3,4)5/h9-14,17,20-21H,15-16H2,1-8H3/b14-13+. The lowest BCUT2D eigenvalue weighted by molar-refractivity contribution is -0.290. The topological polar surface area (TPSA) is 114 Å². The fourth-order valence-corrected chi connectivity index (χ4v) is 4.58. The van der Waals surface area contributed by atoms with Crippen LogP contribution in [0.5, 0.6) is 6.01 Å². The Bertz CT molecular complexity index is 1320. The van der Waals surface area contributed by atoms with Gasteiger partial charge in [-0.1, -0.05) is 26.0 Å². The number of esters is 1. The van der Waals surface area contributed by atoms with E-state index in [9.17, 15) is 17.6 Å². The third-order valence-corrected chi connectivity index (χ3v) is 5.97. The van der Waals surface area contributed by atoms with Gasteiger partial charge in [0.15, 0.2) is 5.79 Å². The molecule has 1 aromatic carbocycles. The van der Waals surface area contributed by atoms with E-state index in [-0.39, 0.29) is 24.3 Å². The zero-order valence-corrected chi connectivity index (χ0v) is 24.5. The van der Waals surface area contributed by atoms with E-state index < -0.39 is 39.5 Å². The highest BCUT2D eigenvalue weighted by Gasteiger charge is 2.36. The number of halogens is 1. The summed E-state index contributed by atoms with van der Waals surface area (Å²) in [7, 11) is -3.88. The minimum absolute atomic E-state index is 0.0765. The number of hydrogen-bond donors (Lipinski definition) is 0. The Labute approximate surface area is 229 Å². The molecule has 2 heterocycles.